The van der Waals surface area contributed by atoms with Crippen molar-refractivity contribution in [1.82, 2.24) is 0 Å². The molecule has 0 N–H and O–H groups in total. The molecule has 1 heterocycles. The molecule has 13 heavy (non-hydrogen) atoms. The Morgan fingerprint density at radius 3 is 2.08 bits per heavy atom. The lowest BCUT2D eigenvalue weighted by Gasteiger charge is -2.40. The molecule has 1 aliphatic heterocycles. The van der Waals surface area contributed by atoms with E-state index in [1.165, 1.54) is 0 Å². The van der Waals surface area contributed by atoms with Gasteiger partial charge in [-0.25, -0.2) is 0 Å². The second-order valence-corrected chi connectivity index (χ2v) is 11.5. The minimum Gasteiger partial charge on any atom is -0.366 e. The zero-order chi connectivity index (χ0) is 10.5. The molecule has 1 fully saturated rings. The first-order chi connectivity index (χ1) is 5.67. The molecule has 76 valence electrons. The largest absolute Gasteiger partial charge is 0.366 e. The van der Waals surface area contributed by atoms with Crippen LogP contribution in [0.3, 0.4) is 0 Å². The van der Waals surface area contributed by atoms with E-state index in [2.05, 4.69) is 47.4 Å². The summed E-state index contributed by atoms with van der Waals surface area (Å²) in [5, 5.41) is 0.506. The van der Waals surface area contributed by atoms with E-state index in [4.69, 9.17) is 4.74 Å². The minimum atomic E-state index is -1.37. The molecule has 0 aromatic carbocycles. The van der Waals surface area contributed by atoms with Crippen molar-refractivity contribution in [3.8, 4) is 0 Å². The zero-order valence-electron chi connectivity index (χ0n) is 9.77. The smallest absolute Gasteiger partial charge is 0.101 e. The second-order valence-electron chi connectivity index (χ2n) is 5.76. The number of epoxide rings is 1. The molecule has 1 aliphatic rings. The third kappa shape index (κ3) is 1.40. The van der Waals surface area contributed by atoms with Gasteiger partial charge in [0, 0.05) is 0 Å². The van der Waals surface area contributed by atoms with Crippen molar-refractivity contribution in [2.24, 2.45) is 0 Å². The number of hydrogen-bond acceptors (Lipinski definition) is 1. The minimum absolute atomic E-state index is 0.118. The first-order valence-corrected chi connectivity index (χ1v) is 7.97. The van der Waals surface area contributed by atoms with Crippen LogP contribution in [0.15, 0.2) is 12.7 Å². The fraction of sp³-hybridized carbons (Fsp3) is 0.818. The Kier molecular flexibility index (Phi) is 2.29. The van der Waals surface area contributed by atoms with Gasteiger partial charge in [-0.1, -0.05) is 39.9 Å². The SMILES string of the molecule is C=CC1OC1(C)[Si](C)(C)C(C)(C)C. The summed E-state index contributed by atoms with van der Waals surface area (Å²) in [5.41, 5.74) is 0. The topological polar surface area (TPSA) is 12.5 Å². The van der Waals surface area contributed by atoms with E-state index in [9.17, 15) is 0 Å². The Labute approximate surface area is 83.2 Å². The normalized spacial score (nSPS) is 34.5. The Hall–Kier alpha value is -0.0831. The lowest BCUT2D eigenvalue weighted by Crippen LogP contribution is -2.51. The van der Waals surface area contributed by atoms with Gasteiger partial charge in [-0.15, -0.1) is 6.58 Å². The van der Waals surface area contributed by atoms with E-state index in [-0.39, 0.29) is 5.22 Å². The van der Waals surface area contributed by atoms with E-state index in [0.29, 0.717) is 11.1 Å². The number of hydrogen-bond donors (Lipinski definition) is 0. The van der Waals surface area contributed by atoms with Gasteiger partial charge in [0.05, 0.1) is 13.3 Å². The van der Waals surface area contributed by atoms with E-state index < -0.39 is 8.07 Å². The van der Waals surface area contributed by atoms with Crippen LogP contribution in [-0.2, 0) is 4.74 Å². The van der Waals surface area contributed by atoms with Crippen LogP contribution in [0.2, 0.25) is 18.1 Å². The Bertz CT molecular complexity index is 227. The molecule has 0 spiro atoms. The molecule has 1 rings (SSSR count). The highest BCUT2D eigenvalue weighted by Crippen LogP contribution is 2.54. The van der Waals surface area contributed by atoms with Gasteiger partial charge in [-0.05, 0) is 12.0 Å². The lowest BCUT2D eigenvalue weighted by atomic mass is 10.2. The van der Waals surface area contributed by atoms with Crippen LogP contribution in [0.5, 0.6) is 0 Å². The summed E-state index contributed by atoms with van der Waals surface area (Å²) in [5.74, 6) is 0. The fourth-order valence-corrected chi connectivity index (χ4v) is 4.49. The van der Waals surface area contributed by atoms with Gasteiger partial charge in [-0.3, -0.25) is 0 Å². The molecule has 1 saturated heterocycles. The van der Waals surface area contributed by atoms with Gasteiger partial charge in [0.15, 0.2) is 0 Å². The third-order valence-electron chi connectivity index (χ3n) is 4.19. The Morgan fingerprint density at radius 2 is 1.85 bits per heavy atom. The van der Waals surface area contributed by atoms with Gasteiger partial charge >= 0.3 is 0 Å². The fourth-order valence-electron chi connectivity index (χ4n) is 1.75. The maximum atomic E-state index is 5.79. The molecular weight excluding hydrogens is 176 g/mol. The molecular formula is C11H22OSi. The molecule has 2 heteroatoms. The number of ether oxygens (including phenoxy) is 1. The summed E-state index contributed by atoms with van der Waals surface area (Å²) < 4.78 is 5.79. The third-order valence-corrected chi connectivity index (χ3v) is 10.8. The van der Waals surface area contributed by atoms with Crippen LogP contribution in [-0.4, -0.2) is 19.4 Å². The lowest BCUT2D eigenvalue weighted by molar-refractivity contribution is 0.363. The molecule has 0 saturated carbocycles. The second kappa shape index (κ2) is 2.70. The Balaban J connectivity index is 2.89. The average Bonchev–Trinajstić information content (AvgIpc) is 2.61. The van der Waals surface area contributed by atoms with E-state index in [1.807, 2.05) is 6.08 Å². The first-order valence-electron chi connectivity index (χ1n) is 4.97. The van der Waals surface area contributed by atoms with Crippen LogP contribution >= 0.6 is 0 Å². The quantitative estimate of drug-likeness (QED) is 0.376. The molecule has 0 aromatic heterocycles. The predicted molar refractivity (Wildman–Crippen MR) is 60.7 cm³/mol. The zero-order valence-corrected chi connectivity index (χ0v) is 10.8. The molecule has 0 bridgehead atoms. The molecule has 2 unspecified atom stereocenters. The molecule has 2 atom stereocenters. The van der Waals surface area contributed by atoms with Crippen LogP contribution in [0.25, 0.3) is 0 Å². The maximum Gasteiger partial charge on any atom is 0.101 e. The van der Waals surface area contributed by atoms with Gasteiger partial charge < -0.3 is 4.74 Å². The van der Waals surface area contributed by atoms with Crippen molar-refractivity contribution >= 4 is 8.07 Å². The molecule has 0 amide bonds. The molecule has 0 aromatic rings. The summed E-state index contributed by atoms with van der Waals surface area (Å²) in [6, 6.07) is 0. The van der Waals surface area contributed by atoms with Crippen molar-refractivity contribution in [2.75, 3.05) is 0 Å². The van der Waals surface area contributed by atoms with Crippen molar-refractivity contribution in [3.63, 3.8) is 0 Å². The maximum absolute atomic E-state index is 5.79. The van der Waals surface area contributed by atoms with Gasteiger partial charge in [0.1, 0.15) is 6.10 Å². The highest BCUT2D eigenvalue weighted by Gasteiger charge is 2.64. The summed E-state index contributed by atoms with van der Waals surface area (Å²) >= 11 is 0. The average molecular weight is 198 g/mol. The van der Waals surface area contributed by atoms with E-state index >= 15 is 0 Å². The van der Waals surface area contributed by atoms with E-state index in [0.717, 1.165) is 0 Å². The standard InChI is InChI=1S/C11H22OSi/c1-8-9-11(5,12-9)13(6,7)10(2,3)4/h8-9H,1H2,2-7H3. The summed E-state index contributed by atoms with van der Waals surface area (Å²) in [4.78, 5) is 0. The Morgan fingerprint density at radius 1 is 1.38 bits per heavy atom. The number of rotatable bonds is 2. The van der Waals surface area contributed by atoms with Crippen LogP contribution < -0.4 is 0 Å². The van der Waals surface area contributed by atoms with E-state index in [1.54, 1.807) is 0 Å². The van der Waals surface area contributed by atoms with Crippen molar-refractivity contribution < 1.29 is 4.74 Å². The van der Waals surface area contributed by atoms with Gasteiger partial charge in [-0.2, -0.15) is 0 Å². The summed E-state index contributed by atoms with van der Waals surface area (Å²) in [6.45, 7) is 17.9. The van der Waals surface area contributed by atoms with Crippen LogP contribution in [0, 0.1) is 0 Å². The van der Waals surface area contributed by atoms with Gasteiger partial charge in [0.2, 0.25) is 0 Å². The predicted octanol–water partition coefficient (Wildman–Crippen LogP) is 3.38. The molecule has 0 aliphatic carbocycles. The first kappa shape index (κ1) is 11.0. The van der Waals surface area contributed by atoms with Crippen LogP contribution in [0.1, 0.15) is 27.7 Å². The highest BCUT2D eigenvalue weighted by molar-refractivity contribution is 6.83. The summed E-state index contributed by atoms with van der Waals surface area (Å²) in [7, 11) is -1.37. The monoisotopic (exact) mass is 198 g/mol. The van der Waals surface area contributed by atoms with Crippen molar-refractivity contribution in [1.29, 1.82) is 0 Å². The van der Waals surface area contributed by atoms with Crippen LogP contribution in [0.4, 0.5) is 0 Å². The van der Waals surface area contributed by atoms with Crippen molar-refractivity contribution in [3.05, 3.63) is 12.7 Å². The summed E-state index contributed by atoms with van der Waals surface area (Å²) in [6.07, 6.45) is 2.24. The van der Waals surface area contributed by atoms with Gasteiger partial charge in [0.25, 0.3) is 0 Å². The molecule has 0 radical (unpaired) electrons. The van der Waals surface area contributed by atoms with Crippen molar-refractivity contribution in [2.45, 2.75) is 57.2 Å². The highest BCUT2D eigenvalue weighted by atomic mass is 28.3. The molecule has 1 nitrogen and oxygen atoms in total.